The van der Waals surface area contributed by atoms with Crippen LogP contribution in [0, 0.1) is 12.8 Å². The molecule has 1 aromatic heterocycles. The maximum Gasteiger partial charge on any atom is 0.166 e. The van der Waals surface area contributed by atoms with E-state index in [4.69, 9.17) is 0 Å². The Balaban J connectivity index is 2.10. The van der Waals surface area contributed by atoms with Crippen LogP contribution in [0.2, 0.25) is 0 Å². The Bertz CT molecular complexity index is 621. The second-order valence-corrected chi connectivity index (χ2v) is 5.46. The second kappa shape index (κ2) is 3.94. The van der Waals surface area contributed by atoms with Gasteiger partial charge >= 0.3 is 0 Å². The minimum Gasteiger partial charge on any atom is -0.326 e. The maximum absolute atomic E-state index is 12.0. The fraction of sp³-hybridized carbons (Fsp3) is 0.467. The zero-order valence-corrected chi connectivity index (χ0v) is 11.1. The van der Waals surface area contributed by atoms with Crippen LogP contribution in [0.15, 0.2) is 18.2 Å². The molecule has 3 nitrogen and oxygen atoms in total. The van der Waals surface area contributed by atoms with Crippen LogP contribution in [0.3, 0.4) is 0 Å². The summed E-state index contributed by atoms with van der Waals surface area (Å²) in [5.74, 6) is 1.57. The Labute approximate surface area is 107 Å². The molecule has 0 radical (unpaired) electrons. The summed E-state index contributed by atoms with van der Waals surface area (Å²) in [4.78, 5) is 16.6. The van der Waals surface area contributed by atoms with Crippen molar-refractivity contribution in [1.29, 1.82) is 0 Å². The van der Waals surface area contributed by atoms with Crippen LogP contribution in [0.1, 0.15) is 48.9 Å². The third kappa shape index (κ3) is 1.74. The third-order valence-electron chi connectivity index (χ3n) is 3.61. The van der Waals surface area contributed by atoms with Gasteiger partial charge in [0.1, 0.15) is 5.82 Å². The van der Waals surface area contributed by atoms with Crippen molar-refractivity contribution in [3.63, 3.8) is 0 Å². The van der Waals surface area contributed by atoms with Gasteiger partial charge in [0.2, 0.25) is 0 Å². The average molecular weight is 242 g/mol. The summed E-state index contributed by atoms with van der Waals surface area (Å²) in [7, 11) is 0. The summed E-state index contributed by atoms with van der Waals surface area (Å²) in [5, 5.41) is 0. The number of benzene rings is 1. The minimum atomic E-state index is 0.274. The Morgan fingerprint density at radius 1 is 1.39 bits per heavy atom. The van der Waals surface area contributed by atoms with Crippen molar-refractivity contribution in [1.82, 2.24) is 9.55 Å². The van der Waals surface area contributed by atoms with Gasteiger partial charge in [0, 0.05) is 17.5 Å². The number of ketones is 1. The van der Waals surface area contributed by atoms with Crippen molar-refractivity contribution in [3.05, 3.63) is 29.6 Å². The van der Waals surface area contributed by atoms with Crippen LogP contribution in [0.25, 0.3) is 11.0 Å². The van der Waals surface area contributed by atoms with E-state index in [2.05, 4.69) is 23.4 Å². The predicted octanol–water partition coefficient (Wildman–Crippen LogP) is 3.52. The van der Waals surface area contributed by atoms with Gasteiger partial charge in [-0.3, -0.25) is 4.79 Å². The molecule has 2 aromatic rings. The number of hydrogen-bond donors (Lipinski definition) is 0. The number of aromatic nitrogens is 2. The molecule has 0 N–H and O–H groups in total. The van der Waals surface area contributed by atoms with E-state index in [1.165, 1.54) is 0 Å². The summed E-state index contributed by atoms with van der Waals surface area (Å²) in [5.41, 5.74) is 2.88. The first kappa shape index (κ1) is 11.5. The minimum absolute atomic E-state index is 0.274. The lowest BCUT2D eigenvalue weighted by atomic mass is 10.1. The molecule has 0 atom stereocenters. The van der Waals surface area contributed by atoms with Gasteiger partial charge in [-0.15, -0.1) is 0 Å². The van der Waals surface area contributed by atoms with Crippen LogP contribution in [-0.4, -0.2) is 15.3 Å². The molecule has 1 heterocycles. The molecule has 0 aliphatic heterocycles. The van der Waals surface area contributed by atoms with Crippen molar-refractivity contribution in [3.8, 4) is 0 Å². The van der Waals surface area contributed by atoms with Crippen molar-refractivity contribution in [2.45, 2.75) is 39.7 Å². The Morgan fingerprint density at radius 2 is 2.11 bits per heavy atom. The smallest absolute Gasteiger partial charge is 0.166 e. The average Bonchev–Trinajstić information content (AvgIpc) is 3.09. The van der Waals surface area contributed by atoms with Gasteiger partial charge in [-0.1, -0.05) is 0 Å². The molecule has 0 bridgehead atoms. The fourth-order valence-corrected chi connectivity index (χ4v) is 2.61. The third-order valence-corrected chi connectivity index (χ3v) is 3.61. The molecule has 1 aromatic carbocycles. The molecule has 0 unspecified atom stereocenters. The number of fused-ring (bicyclic) bond motifs is 1. The van der Waals surface area contributed by atoms with Gasteiger partial charge in [-0.2, -0.15) is 0 Å². The Morgan fingerprint density at radius 3 is 2.72 bits per heavy atom. The standard InChI is InChI=1S/C15H18N2O/c1-9(2)17-10(3)16-13-8-12(6-7-14(13)17)15(18)11-4-5-11/h6-9,11H,4-5H2,1-3H3. The highest BCUT2D eigenvalue weighted by Crippen LogP contribution is 2.33. The number of rotatable bonds is 3. The van der Waals surface area contributed by atoms with Gasteiger partial charge in [0.05, 0.1) is 11.0 Å². The van der Waals surface area contributed by atoms with Crippen LogP contribution < -0.4 is 0 Å². The van der Waals surface area contributed by atoms with Crippen molar-refractivity contribution >= 4 is 16.8 Å². The van der Waals surface area contributed by atoms with E-state index in [0.717, 1.165) is 35.3 Å². The van der Waals surface area contributed by atoms with Crippen molar-refractivity contribution in [2.24, 2.45) is 5.92 Å². The number of Topliss-reactive ketones (excluding diaryl/α,β-unsaturated/α-hetero) is 1. The molecule has 3 heteroatoms. The first-order valence-electron chi connectivity index (χ1n) is 6.60. The summed E-state index contributed by atoms with van der Waals surface area (Å²) in [6.07, 6.45) is 2.10. The predicted molar refractivity (Wildman–Crippen MR) is 71.9 cm³/mol. The molecular formula is C15H18N2O. The van der Waals surface area contributed by atoms with Crippen LogP contribution in [-0.2, 0) is 0 Å². The number of hydrogen-bond acceptors (Lipinski definition) is 2. The Kier molecular flexibility index (Phi) is 2.51. The highest BCUT2D eigenvalue weighted by atomic mass is 16.1. The SMILES string of the molecule is Cc1nc2cc(C(=O)C3CC3)ccc2n1C(C)C. The van der Waals surface area contributed by atoms with Gasteiger partial charge in [-0.25, -0.2) is 4.98 Å². The molecule has 0 spiro atoms. The summed E-state index contributed by atoms with van der Waals surface area (Å²) >= 11 is 0. The van der Waals surface area contributed by atoms with E-state index in [1.807, 2.05) is 25.1 Å². The second-order valence-electron chi connectivity index (χ2n) is 5.46. The number of carbonyl (C=O) groups excluding carboxylic acids is 1. The molecule has 0 saturated heterocycles. The number of aryl methyl sites for hydroxylation is 1. The first-order valence-corrected chi connectivity index (χ1v) is 6.60. The van der Waals surface area contributed by atoms with E-state index in [0.29, 0.717) is 6.04 Å². The summed E-state index contributed by atoms with van der Waals surface area (Å²) < 4.78 is 2.21. The Hall–Kier alpha value is -1.64. The van der Waals surface area contributed by atoms with Gasteiger partial charge in [0.25, 0.3) is 0 Å². The highest BCUT2D eigenvalue weighted by Gasteiger charge is 2.30. The van der Waals surface area contributed by atoms with E-state index in [9.17, 15) is 4.79 Å². The largest absolute Gasteiger partial charge is 0.326 e. The van der Waals surface area contributed by atoms with Gasteiger partial charge in [0.15, 0.2) is 5.78 Å². The number of imidazole rings is 1. The lowest BCUT2D eigenvalue weighted by molar-refractivity contribution is 0.0968. The molecule has 0 amide bonds. The maximum atomic E-state index is 12.0. The molecule has 1 saturated carbocycles. The number of carbonyl (C=O) groups is 1. The fourth-order valence-electron chi connectivity index (χ4n) is 2.61. The zero-order chi connectivity index (χ0) is 12.9. The highest BCUT2D eigenvalue weighted by molar-refractivity contribution is 6.01. The number of nitrogens with zero attached hydrogens (tertiary/aromatic N) is 2. The summed E-state index contributed by atoms with van der Waals surface area (Å²) in [6.45, 7) is 6.32. The molecule has 94 valence electrons. The molecule has 1 fully saturated rings. The van der Waals surface area contributed by atoms with E-state index >= 15 is 0 Å². The normalized spacial score (nSPS) is 15.6. The van der Waals surface area contributed by atoms with Crippen LogP contribution in [0.5, 0.6) is 0 Å². The van der Waals surface area contributed by atoms with Crippen molar-refractivity contribution < 1.29 is 4.79 Å². The molecule has 1 aliphatic rings. The van der Waals surface area contributed by atoms with Gasteiger partial charge < -0.3 is 4.57 Å². The van der Waals surface area contributed by atoms with E-state index in [1.54, 1.807) is 0 Å². The molecular weight excluding hydrogens is 224 g/mol. The van der Waals surface area contributed by atoms with E-state index in [-0.39, 0.29) is 11.7 Å². The monoisotopic (exact) mass is 242 g/mol. The molecule has 18 heavy (non-hydrogen) atoms. The quantitative estimate of drug-likeness (QED) is 0.772. The van der Waals surface area contributed by atoms with Crippen LogP contribution >= 0.6 is 0 Å². The first-order chi connectivity index (χ1) is 8.58. The lowest BCUT2D eigenvalue weighted by Crippen LogP contribution is -2.03. The zero-order valence-electron chi connectivity index (χ0n) is 11.1. The summed E-state index contributed by atoms with van der Waals surface area (Å²) in [6, 6.07) is 6.32. The van der Waals surface area contributed by atoms with Crippen molar-refractivity contribution in [2.75, 3.05) is 0 Å². The molecule has 1 aliphatic carbocycles. The molecule has 3 rings (SSSR count). The lowest BCUT2D eigenvalue weighted by Gasteiger charge is -2.10. The van der Waals surface area contributed by atoms with Gasteiger partial charge in [-0.05, 0) is 51.8 Å². The topological polar surface area (TPSA) is 34.9 Å². The van der Waals surface area contributed by atoms with Crippen LogP contribution in [0.4, 0.5) is 0 Å². The van der Waals surface area contributed by atoms with E-state index < -0.39 is 0 Å².